The van der Waals surface area contributed by atoms with Gasteiger partial charge >= 0.3 is 6.18 Å². The molecule has 5 nitrogen and oxygen atoms in total. The lowest BCUT2D eigenvalue weighted by Gasteiger charge is -2.40. The van der Waals surface area contributed by atoms with Gasteiger partial charge in [0.25, 0.3) is 5.91 Å². The summed E-state index contributed by atoms with van der Waals surface area (Å²) < 4.78 is 79.3. The van der Waals surface area contributed by atoms with E-state index in [0.29, 0.717) is 24.3 Å². The molecule has 0 saturated carbocycles. The Balaban J connectivity index is 1.54. The lowest BCUT2D eigenvalue weighted by atomic mass is 9.82. The maximum atomic E-state index is 16.6. The fourth-order valence-electron chi connectivity index (χ4n) is 4.37. The van der Waals surface area contributed by atoms with Gasteiger partial charge in [-0.3, -0.25) is 4.79 Å². The van der Waals surface area contributed by atoms with Crippen LogP contribution in [0.15, 0.2) is 71.7 Å². The number of carbonyl (C=O) groups is 1. The molecule has 2 aromatic carbocycles. The first-order chi connectivity index (χ1) is 16.4. The van der Waals surface area contributed by atoms with Crippen LogP contribution >= 0.6 is 0 Å². The second-order valence-electron chi connectivity index (χ2n) is 8.65. The van der Waals surface area contributed by atoms with Crippen molar-refractivity contribution >= 4 is 27.0 Å². The molecule has 186 valence electrons. The van der Waals surface area contributed by atoms with E-state index in [0.717, 1.165) is 18.4 Å². The van der Waals surface area contributed by atoms with Crippen LogP contribution in [0.4, 0.5) is 23.2 Å². The first kappa shape index (κ1) is 25.0. The molecule has 1 fully saturated rings. The number of allylic oxidation sites excluding steroid dienone is 3. The van der Waals surface area contributed by atoms with Crippen LogP contribution in [0, 0.1) is 0 Å². The number of rotatable bonds is 4. The largest absolute Gasteiger partial charge is 0.416 e. The van der Waals surface area contributed by atoms with Crippen LogP contribution in [-0.4, -0.2) is 57.3 Å². The lowest BCUT2D eigenvalue weighted by molar-refractivity contribution is -0.140. The van der Waals surface area contributed by atoms with Gasteiger partial charge in [0.15, 0.2) is 9.84 Å². The molecule has 0 bridgehead atoms. The van der Waals surface area contributed by atoms with E-state index in [1.165, 1.54) is 29.2 Å². The molecular weight excluding hydrogens is 484 g/mol. The van der Waals surface area contributed by atoms with E-state index >= 15 is 4.39 Å². The lowest BCUT2D eigenvalue weighted by Crippen LogP contribution is -2.55. The minimum Gasteiger partial charge on any atom is -0.368 e. The van der Waals surface area contributed by atoms with Crippen molar-refractivity contribution in [3.05, 3.63) is 82.8 Å². The number of carbonyl (C=O) groups excluding carboxylic acids is 1. The molecule has 2 aliphatic rings. The molecule has 1 unspecified atom stereocenters. The van der Waals surface area contributed by atoms with Crippen LogP contribution in [0.5, 0.6) is 0 Å². The van der Waals surface area contributed by atoms with Crippen LogP contribution < -0.4 is 4.90 Å². The molecule has 0 aromatic heterocycles. The molecule has 1 atom stereocenters. The van der Waals surface area contributed by atoms with Crippen molar-refractivity contribution in [3.63, 3.8) is 0 Å². The Morgan fingerprint density at radius 2 is 1.51 bits per heavy atom. The van der Waals surface area contributed by atoms with Crippen LogP contribution in [0.25, 0.3) is 5.57 Å². The number of benzene rings is 2. The zero-order chi connectivity index (χ0) is 25.4. The highest BCUT2D eigenvalue weighted by molar-refractivity contribution is 7.94. The van der Waals surface area contributed by atoms with Crippen molar-refractivity contribution in [2.45, 2.75) is 18.3 Å². The van der Waals surface area contributed by atoms with Crippen molar-refractivity contribution < 1.29 is 30.8 Å². The zero-order valence-corrected chi connectivity index (χ0v) is 19.7. The van der Waals surface area contributed by atoms with E-state index in [-0.39, 0.29) is 23.6 Å². The predicted molar refractivity (Wildman–Crippen MR) is 126 cm³/mol. The standard InChI is InChI=1S/C25H24F4N2O3S/c1-35(33,34)21-11-12-22(18-5-3-2-4-6-18)24(26,17-21)23(32)31-15-13-30(14-16-31)20-9-7-19(8-10-20)25(27,28)29/h2-12H,13-17H2,1H3. The van der Waals surface area contributed by atoms with Gasteiger partial charge in [-0.25, -0.2) is 12.8 Å². The van der Waals surface area contributed by atoms with Crippen molar-refractivity contribution in [1.82, 2.24) is 4.90 Å². The number of nitrogens with zero attached hydrogens (tertiary/aromatic N) is 2. The van der Waals surface area contributed by atoms with E-state index in [2.05, 4.69) is 0 Å². The molecule has 10 heteroatoms. The van der Waals surface area contributed by atoms with Crippen molar-refractivity contribution in [2.75, 3.05) is 37.3 Å². The van der Waals surface area contributed by atoms with E-state index < -0.39 is 39.6 Å². The minimum atomic E-state index is -4.43. The summed E-state index contributed by atoms with van der Waals surface area (Å²) in [5.74, 6) is -0.825. The number of amides is 1. The average molecular weight is 509 g/mol. The molecule has 1 aliphatic carbocycles. The van der Waals surface area contributed by atoms with Crippen molar-refractivity contribution in [3.8, 4) is 0 Å². The van der Waals surface area contributed by atoms with Gasteiger partial charge in [-0.2, -0.15) is 13.2 Å². The van der Waals surface area contributed by atoms with Gasteiger partial charge in [0, 0.05) is 55.0 Å². The fourth-order valence-corrected chi connectivity index (χ4v) is 5.15. The van der Waals surface area contributed by atoms with Crippen LogP contribution in [0.3, 0.4) is 0 Å². The van der Waals surface area contributed by atoms with Gasteiger partial charge in [-0.05, 0) is 35.9 Å². The second-order valence-corrected chi connectivity index (χ2v) is 10.7. The molecule has 1 heterocycles. The molecule has 0 N–H and O–H groups in total. The molecule has 2 aromatic rings. The average Bonchev–Trinajstić information content (AvgIpc) is 2.83. The summed E-state index contributed by atoms with van der Waals surface area (Å²) in [4.78, 5) is 16.5. The molecular formula is C25H24F4N2O3S. The van der Waals surface area contributed by atoms with E-state index in [1.54, 1.807) is 30.3 Å². The zero-order valence-electron chi connectivity index (χ0n) is 18.9. The quantitative estimate of drug-likeness (QED) is 0.572. The molecule has 0 radical (unpaired) electrons. The molecule has 4 rings (SSSR count). The van der Waals surface area contributed by atoms with Gasteiger partial charge in [0.1, 0.15) is 0 Å². The number of hydrogen-bond donors (Lipinski definition) is 0. The molecule has 1 amide bonds. The Morgan fingerprint density at radius 3 is 2.06 bits per heavy atom. The number of alkyl halides is 4. The van der Waals surface area contributed by atoms with Gasteiger partial charge in [-0.1, -0.05) is 36.4 Å². The number of halogens is 4. The van der Waals surface area contributed by atoms with E-state index in [4.69, 9.17) is 0 Å². The second kappa shape index (κ2) is 9.14. The Hall–Kier alpha value is -3.14. The molecule has 1 saturated heterocycles. The maximum Gasteiger partial charge on any atom is 0.416 e. The predicted octanol–water partition coefficient (Wildman–Crippen LogP) is 4.48. The topological polar surface area (TPSA) is 57.7 Å². The van der Waals surface area contributed by atoms with Gasteiger partial charge < -0.3 is 9.80 Å². The van der Waals surface area contributed by atoms with Crippen LogP contribution in [-0.2, 0) is 20.8 Å². The van der Waals surface area contributed by atoms with Gasteiger partial charge in [-0.15, -0.1) is 0 Å². The van der Waals surface area contributed by atoms with Crippen LogP contribution in [0.1, 0.15) is 17.5 Å². The van der Waals surface area contributed by atoms with Crippen molar-refractivity contribution in [2.24, 2.45) is 0 Å². The summed E-state index contributed by atoms with van der Waals surface area (Å²) in [5.41, 5.74) is -2.16. The molecule has 35 heavy (non-hydrogen) atoms. The number of anilines is 1. The minimum absolute atomic E-state index is 0.0978. The van der Waals surface area contributed by atoms with Crippen molar-refractivity contribution in [1.29, 1.82) is 0 Å². The van der Waals surface area contributed by atoms with Crippen LogP contribution in [0.2, 0.25) is 0 Å². The Kier molecular flexibility index (Phi) is 6.52. The third-order valence-electron chi connectivity index (χ3n) is 6.31. The summed E-state index contributed by atoms with van der Waals surface area (Å²) in [5, 5.41) is 0. The summed E-state index contributed by atoms with van der Waals surface area (Å²) >= 11 is 0. The third kappa shape index (κ3) is 5.12. The Morgan fingerprint density at radius 1 is 0.914 bits per heavy atom. The smallest absolute Gasteiger partial charge is 0.368 e. The van der Waals surface area contributed by atoms with Gasteiger partial charge in [0.05, 0.1) is 5.56 Å². The summed E-state index contributed by atoms with van der Waals surface area (Å²) in [6, 6.07) is 13.2. The number of hydrogen-bond acceptors (Lipinski definition) is 4. The number of piperazine rings is 1. The highest BCUT2D eigenvalue weighted by atomic mass is 32.2. The highest BCUT2D eigenvalue weighted by Crippen LogP contribution is 2.42. The monoisotopic (exact) mass is 508 g/mol. The normalized spacial score (nSPS) is 21.4. The van der Waals surface area contributed by atoms with Gasteiger partial charge in [0.2, 0.25) is 5.67 Å². The summed E-state index contributed by atoms with van der Waals surface area (Å²) in [7, 11) is -3.71. The number of sulfone groups is 1. The molecule has 1 aliphatic heterocycles. The fraction of sp³-hybridized carbons (Fsp3) is 0.320. The third-order valence-corrected chi connectivity index (χ3v) is 7.54. The highest BCUT2D eigenvalue weighted by Gasteiger charge is 2.49. The maximum absolute atomic E-state index is 16.6. The summed E-state index contributed by atoms with van der Waals surface area (Å²) in [6.45, 7) is 0.885. The first-order valence-electron chi connectivity index (χ1n) is 11.0. The van der Waals surface area contributed by atoms with E-state index in [1.807, 2.05) is 4.90 Å². The Labute approximate surface area is 201 Å². The molecule has 0 spiro atoms. The SMILES string of the molecule is CS(=O)(=O)C1=CC=C(c2ccccc2)C(F)(C(=O)N2CCN(c3ccc(C(F)(F)F)cc3)CC2)C1. The summed E-state index contributed by atoms with van der Waals surface area (Å²) in [6.07, 6.45) is -1.35. The Bertz CT molecular complexity index is 1260. The first-order valence-corrected chi connectivity index (χ1v) is 12.9. The van der Waals surface area contributed by atoms with E-state index in [9.17, 15) is 26.4 Å².